The number of hydrogen-bond donors (Lipinski definition) is 1. The summed E-state index contributed by atoms with van der Waals surface area (Å²) in [6.07, 6.45) is 27.3. The van der Waals surface area contributed by atoms with Gasteiger partial charge in [-0.3, -0.25) is 4.79 Å². The van der Waals surface area contributed by atoms with Crippen molar-refractivity contribution in [2.45, 2.75) is 168 Å². The van der Waals surface area contributed by atoms with E-state index < -0.39 is 0 Å². The predicted molar refractivity (Wildman–Crippen MR) is 163 cm³/mol. The maximum absolute atomic E-state index is 12.5. The lowest BCUT2D eigenvalue weighted by molar-refractivity contribution is -0.145. The molecular formula is C33H68N2O2. The van der Waals surface area contributed by atoms with Gasteiger partial charge in [0.1, 0.15) is 0 Å². The molecule has 0 aliphatic heterocycles. The van der Waals surface area contributed by atoms with Gasteiger partial charge in [0.2, 0.25) is 0 Å². The van der Waals surface area contributed by atoms with E-state index >= 15 is 0 Å². The van der Waals surface area contributed by atoms with Crippen LogP contribution >= 0.6 is 0 Å². The minimum atomic E-state index is 0.0277. The number of carbonyl (C=O) groups is 1. The molecule has 0 saturated heterocycles. The predicted octanol–water partition coefficient (Wildman–Crippen LogP) is 9.31. The number of ether oxygens (including phenoxy) is 1. The van der Waals surface area contributed by atoms with Gasteiger partial charge in [-0.2, -0.15) is 0 Å². The molecule has 0 amide bonds. The minimum absolute atomic E-state index is 0.0277. The van der Waals surface area contributed by atoms with E-state index in [1.54, 1.807) is 0 Å². The van der Waals surface area contributed by atoms with Crippen LogP contribution in [0, 0.1) is 5.92 Å². The van der Waals surface area contributed by atoms with Crippen LogP contribution in [0.25, 0.3) is 0 Å². The summed E-state index contributed by atoms with van der Waals surface area (Å²) in [5.41, 5.74) is 0. The third-order valence-corrected chi connectivity index (χ3v) is 7.72. The first-order valence-corrected chi connectivity index (χ1v) is 16.6. The highest BCUT2D eigenvalue weighted by atomic mass is 16.5. The largest absolute Gasteiger partial charge is 0.465 e. The number of nitrogens with one attached hydrogen (secondary N) is 1. The van der Waals surface area contributed by atoms with Gasteiger partial charge in [0.05, 0.1) is 6.61 Å². The van der Waals surface area contributed by atoms with Crippen LogP contribution in [0.4, 0.5) is 0 Å². The fraction of sp³-hybridized carbons (Fsp3) is 0.970. The van der Waals surface area contributed by atoms with E-state index in [2.05, 4.69) is 45.1 Å². The second-order valence-corrected chi connectivity index (χ2v) is 11.9. The first-order valence-electron chi connectivity index (χ1n) is 16.6. The molecule has 0 bridgehead atoms. The van der Waals surface area contributed by atoms with Crippen LogP contribution in [-0.2, 0) is 9.53 Å². The van der Waals surface area contributed by atoms with Gasteiger partial charge in [0.25, 0.3) is 0 Å². The number of unbranched alkanes of at least 4 members (excludes halogenated alkanes) is 12. The van der Waals surface area contributed by atoms with Crippen LogP contribution in [0.1, 0.15) is 162 Å². The Hall–Kier alpha value is -0.610. The molecule has 1 N–H and O–H groups in total. The maximum atomic E-state index is 12.5. The molecule has 0 fully saturated rings. The van der Waals surface area contributed by atoms with Crippen molar-refractivity contribution in [3.8, 4) is 0 Å². The zero-order valence-electron chi connectivity index (χ0n) is 26.1. The van der Waals surface area contributed by atoms with Gasteiger partial charge < -0.3 is 15.0 Å². The first kappa shape index (κ1) is 36.4. The molecule has 0 aromatic heterocycles. The Morgan fingerprint density at radius 2 is 1.14 bits per heavy atom. The molecule has 0 radical (unpaired) electrons. The molecule has 0 aliphatic rings. The normalized spacial score (nSPS) is 13.2. The summed E-state index contributed by atoms with van der Waals surface area (Å²) in [5.74, 6) is 0.589. The third kappa shape index (κ3) is 26.8. The van der Waals surface area contributed by atoms with Crippen molar-refractivity contribution in [1.29, 1.82) is 0 Å². The zero-order chi connectivity index (χ0) is 27.4. The molecule has 0 aromatic rings. The van der Waals surface area contributed by atoms with Crippen molar-refractivity contribution < 1.29 is 9.53 Å². The highest BCUT2D eigenvalue weighted by molar-refractivity contribution is 5.69. The Morgan fingerprint density at radius 1 is 0.649 bits per heavy atom. The lowest BCUT2D eigenvalue weighted by Crippen LogP contribution is -2.31. The Labute approximate surface area is 233 Å². The van der Waals surface area contributed by atoms with E-state index in [0.29, 0.717) is 25.0 Å². The molecule has 0 aromatic carbocycles. The summed E-state index contributed by atoms with van der Waals surface area (Å²) < 4.78 is 5.80. The number of rotatable bonds is 29. The second-order valence-electron chi connectivity index (χ2n) is 11.9. The molecule has 4 heteroatoms. The van der Waals surface area contributed by atoms with Gasteiger partial charge in [-0.25, -0.2) is 0 Å². The molecule has 222 valence electrons. The Balaban J connectivity index is 4.25. The number of nitrogens with zero attached hydrogens (tertiary/aromatic N) is 1. The maximum Gasteiger partial charge on any atom is 0.305 e. The van der Waals surface area contributed by atoms with E-state index in [4.69, 9.17) is 4.74 Å². The number of carbonyl (C=O) groups excluding carboxylic acids is 1. The third-order valence-electron chi connectivity index (χ3n) is 7.72. The van der Waals surface area contributed by atoms with E-state index in [9.17, 15) is 4.79 Å². The molecule has 0 heterocycles. The van der Waals surface area contributed by atoms with Gasteiger partial charge >= 0.3 is 5.97 Å². The zero-order valence-corrected chi connectivity index (χ0v) is 26.1. The average molecular weight is 525 g/mol. The fourth-order valence-corrected chi connectivity index (χ4v) is 5.19. The highest BCUT2D eigenvalue weighted by Gasteiger charge is 2.13. The van der Waals surface area contributed by atoms with E-state index in [-0.39, 0.29) is 5.97 Å². The van der Waals surface area contributed by atoms with Crippen molar-refractivity contribution in [3.05, 3.63) is 0 Å². The average Bonchev–Trinajstić information content (AvgIpc) is 2.88. The topological polar surface area (TPSA) is 41.6 Å². The van der Waals surface area contributed by atoms with Crippen molar-refractivity contribution in [3.63, 3.8) is 0 Å². The molecule has 0 aliphatic carbocycles. The highest BCUT2D eigenvalue weighted by Crippen LogP contribution is 2.20. The SMILES string of the molecule is CCCCCCCCC(CCCCCC)COC(=O)CCCCC(CCCCCC)NCCCN(C)C. The van der Waals surface area contributed by atoms with Crippen LogP contribution in [0.2, 0.25) is 0 Å². The lowest BCUT2D eigenvalue weighted by Gasteiger charge is -2.20. The van der Waals surface area contributed by atoms with E-state index in [1.807, 2.05) is 0 Å². The lowest BCUT2D eigenvalue weighted by atomic mass is 9.95. The van der Waals surface area contributed by atoms with Crippen LogP contribution in [0.3, 0.4) is 0 Å². The first-order chi connectivity index (χ1) is 18.0. The van der Waals surface area contributed by atoms with Crippen molar-refractivity contribution in [2.75, 3.05) is 33.8 Å². The summed E-state index contributed by atoms with van der Waals surface area (Å²) >= 11 is 0. The van der Waals surface area contributed by atoms with E-state index in [0.717, 1.165) is 25.9 Å². The molecule has 37 heavy (non-hydrogen) atoms. The molecule has 4 nitrogen and oxygen atoms in total. The van der Waals surface area contributed by atoms with Crippen LogP contribution in [0.15, 0.2) is 0 Å². The van der Waals surface area contributed by atoms with E-state index in [1.165, 1.54) is 122 Å². The summed E-state index contributed by atoms with van der Waals surface area (Å²) in [4.78, 5) is 14.7. The molecule has 0 rings (SSSR count). The summed E-state index contributed by atoms with van der Waals surface area (Å²) in [5, 5.41) is 3.80. The van der Waals surface area contributed by atoms with Crippen molar-refractivity contribution >= 4 is 5.97 Å². The summed E-state index contributed by atoms with van der Waals surface area (Å²) in [6.45, 7) is 9.70. The number of esters is 1. The Bertz CT molecular complexity index is 469. The van der Waals surface area contributed by atoms with Gasteiger partial charge in [0.15, 0.2) is 0 Å². The van der Waals surface area contributed by atoms with Gasteiger partial charge in [0, 0.05) is 12.5 Å². The van der Waals surface area contributed by atoms with Crippen LogP contribution in [-0.4, -0.2) is 50.7 Å². The molecule has 2 atom stereocenters. The summed E-state index contributed by atoms with van der Waals surface area (Å²) in [6, 6.07) is 0.597. The van der Waals surface area contributed by atoms with Crippen LogP contribution in [0.5, 0.6) is 0 Å². The Morgan fingerprint density at radius 3 is 1.70 bits per heavy atom. The van der Waals surface area contributed by atoms with Crippen molar-refractivity contribution in [1.82, 2.24) is 10.2 Å². The molecule has 0 spiro atoms. The van der Waals surface area contributed by atoms with Crippen LogP contribution < -0.4 is 5.32 Å². The molecular weight excluding hydrogens is 456 g/mol. The van der Waals surface area contributed by atoms with Gasteiger partial charge in [-0.05, 0) is 71.6 Å². The standard InChI is InChI=1S/C33H68N2O2/c1-6-9-12-15-16-18-24-31(23-17-13-10-7-2)30-37-33(36)27-21-20-26-32(25-19-14-11-8-3)34-28-22-29-35(4)5/h31-32,34H,6-30H2,1-5H3. The van der Waals surface area contributed by atoms with Gasteiger partial charge in [-0.1, -0.05) is 117 Å². The minimum Gasteiger partial charge on any atom is -0.465 e. The van der Waals surface area contributed by atoms with Gasteiger partial charge in [-0.15, -0.1) is 0 Å². The molecule has 2 unspecified atom stereocenters. The Kier molecular flexibility index (Phi) is 27.9. The fourth-order valence-electron chi connectivity index (χ4n) is 5.19. The smallest absolute Gasteiger partial charge is 0.305 e. The molecule has 0 saturated carbocycles. The quantitative estimate of drug-likeness (QED) is 0.0781. The monoisotopic (exact) mass is 525 g/mol. The van der Waals surface area contributed by atoms with Crippen molar-refractivity contribution in [2.24, 2.45) is 5.92 Å². The second kappa shape index (κ2) is 28.4. The summed E-state index contributed by atoms with van der Waals surface area (Å²) in [7, 11) is 4.29. The number of hydrogen-bond acceptors (Lipinski definition) is 4.